The van der Waals surface area contributed by atoms with E-state index in [2.05, 4.69) is 5.32 Å². The number of rotatable bonds is 4. The number of anilines is 2. The van der Waals surface area contributed by atoms with E-state index >= 15 is 0 Å². The van der Waals surface area contributed by atoms with Crippen LogP contribution in [0.5, 0.6) is 0 Å². The zero-order valence-electron chi connectivity index (χ0n) is 10.4. The van der Waals surface area contributed by atoms with Gasteiger partial charge in [0.25, 0.3) is 5.91 Å². The lowest BCUT2D eigenvalue weighted by Crippen LogP contribution is -2.18. The maximum Gasteiger partial charge on any atom is 0.250 e. The smallest absolute Gasteiger partial charge is 0.250 e. The first-order chi connectivity index (χ1) is 8.89. The van der Waals surface area contributed by atoms with Crippen molar-refractivity contribution in [2.45, 2.75) is 6.42 Å². The van der Waals surface area contributed by atoms with E-state index in [9.17, 15) is 13.2 Å². The summed E-state index contributed by atoms with van der Waals surface area (Å²) in [5.74, 6) is -0.0443. The maximum atomic E-state index is 11.3. The molecule has 1 fully saturated rings. The number of hydrogen-bond acceptors (Lipinski definition) is 5. The fourth-order valence-electron chi connectivity index (χ4n) is 2.22. The summed E-state index contributed by atoms with van der Waals surface area (Å²) in [5, 5.41) is 3.09. The van der Waals surface area contributed by atoms with Gasteiger partial charge in [-0.05, 0) is 24.5 Å². The molecule has 104 valence electrons. The highest BCUT2D eigenvalue weighted by Crippen LogP contribution is 2.24. The molecule has 1 aliphatic rings. The number of nitrogens with one attached hydrogen (secondary N) is 1. The summed E-state index contributed by atoms with van der Waals surface area (Å²) in [6.07, 6.45) is 0.657. The standard InChI is InChI=1S/C12H17N3O3S/c13-11-9(12(14)16)2-1-3-10(11)15-6-8-4-5-19(17,18)7-8/h1-3,8,15H,4-7,13H2,(H2,14,16). The van der Waals surface area contributed by atoms with Gasteiger partial charge in [0.15, 0.2) is 9.84 Å². The molecule has 1 unspecified atom stereocenters. The van der Waals surface area contributed by atoms with Crippen molar-refractivity contribution in [1.29, 1.82) is 0 Å². The number of benzene rings is 1. The van der Waals surface area contributed by atoms with Crippen LogP contribution in [0.3, 0.4) is 0 Å². The predicted octanol–water partition coefficient (Wildman–Crippen LogP) is 0.214. The molecule has 0 aromatic heterocycles. The van der Waals surface area contributed by atoms with Crippen LogP contribution >= 0.6 is 0 Å². The number of nitrogen functional groups attached to an aromatic ring is 1. The molecule has 2 rings (SSSR count). The average Bonchev–Trinajstić information content (AvgIpc) is 2.67. The maximum absolute atomic E-state index is 11.3. The van der Waals surface area contributed by atoms with Crippen molar-refractivity contribution in [2.24, 2.45) is 11.7 Å². The number of hydrogen-bond donors (Lipinski definition) is 3. The first kappa shape index (κ1) is 13.7. The fourth-order valence-corrected chi connectivity index (χ4v) is 4.08. The predicted molar refractivity (Wildman–Crippen MR) is 74.6 cm³/mol. The zero-order chi connectivity index (χ0) is 14.0. The minimum Gasteiger partial charge on any atom is -0.396 e. The summed E-state index contributed by atoms with van der Waals surface area (Å²) in [6, 6.07) is 4.98. The van der Waals surface area contributed by atoms with Crippen molar-refractivity contribution in [3.05, 3.63) is 23.8 Å². The number of sulfone groups is 1. The van der Waals surface area contributed by atoms with Crippen molar-refractivity contribution in [3.63, 3.8) is 0 Å². The first-order valence-electron chi connectivity index (χ1n) is 6.01. The molecular formula is C12H17N3O3S. The van der Waals surface area contributed by atoms with Crippen LogP contribution < -0.4 is 16.8 Å². The quantitative estimate of drug-likeness (QED) is 0.683. The van der Waals surface area contributed by atoms with Crippen LogP contribution in [-0.2, 0) is 9.84 Å². The first-order valence-corrected chi connectivity index (χ1v) is 7.84. The lowest BCUT2D eigenvalue weighted by molar-refractivity contribution is 0.100. The van der Waals surface area contributed by atoms with Crippen molar-refractivity contribution in [2.75, 3.05) is 29.1 Å². The molecular weight excluding hydrogens is 266 g/mol. The number of carbonyl (C=O) groups excluding carboxylic acids is 1. The minimum absolute atomic E-state index is 0.0848. The molecule has 6 nitrogen and oxygen atoms in total. The van der Waals surface area contributed by atoms with Gasteiger partial charge >= 0.3 is 0 Å². The van der Waals surface area contributed by atoms with Gasteiger partial charge in [-0.2, -0.15) is 0 Å². The third kappa shape index (κ3) is 3.17. The number of para-hydroxylation sites is 1. The van der Waals surface area contributed by atoms with Gasteiger partial charge < -0.3 is 16.8 Å². The molecule has 7 heteroatoms. The Hall–Kier alpha value is -1.76. The minimum atomic E-state index is -2.88. The third-order valence-corrected chi connectivity index (χ3v) is 5.12. The summed E-state index contributed by atoms with van der Waals surface area (Å²) in [4.78, 5) is 11.2. The molecule has 0 saturated carbocycles. The van der Waals surface area contributed by atoms with E-state index in [1.807, 2.05) is 0 Å². The second-order valence-electron chi connectivity index (χ2n) is 4.78. The summed E-state index contributed by atoms with van der Waals surface area (Å²) in [5.41, 5.74) is 12.2. The van der Waals surface area contributed by atoms with Crippen molar-refractivity contribution < 1.29 is 13.2 Å². The van der Waals surface area contributed by atoms with E-state index < -0.39 is 15.7 Å². The van der Waals surface area contributed by atoms with Crippen molar-refractivity contribution in [3.8, 4) is 0 Å². The van der Waals surface area contributed by atoms with Gasteiger partial charge in [-0.15, -0.1) is 0 Å². The molecule has 1 atom stereocenters. The summed E-state index contributed by atoms with van der Waals surface area (Å²) < 4.78 is 22.7. The van der Waals surface area contributed by atoms with E-state index in [0.29, 0.717) is 24.3 Å². The van der Waals surface area contributed by atoms with E-state index in [0.717, 1.165) is 0 Å². The van der Waals surface area contributed by atoms with E-state index in [1.54, 1.807) is 18.2 Å². The highest BCUT2D eigenvalue weighted by atomic mass is 32.2. The van der Waals surface area contributed by atoms with Gasteiger partial charge in [0.1, 0.15) is 0 Å². The summed E-state index contributed by atoms with van der Waals surface area (Å²) in [6.45, 7) is 0.519. The van der Waals surface area contributed by atoms with Gasteiger partial charge in [0, 0.05) is 6.54 Å². The molecule has 0 aliphatic carbocycles. The van der Waals surface area contributed by atoms with Crippen LogP contribution in [0.15, 0.2) is 18.2 Å². The molecule has 0 bridgehead atoms. The Morgan fingerprint density at radius 3 is 2.74 bits per heavy atom. The normalized spacial score (nSPS) is 21.2. The fraction of sp³-hybridized carbons (Fsp3) is 0.417. The Bertz CT molecular complexity index is 598. The highest BCUT2D eigenvalue weighted by Gasteiger charge is 2.27. The number of primary amides is 1. The Kier molecular flexibility index (Phi) is 3.66. The van der Waals surface area contributed by atoms with Crippen LogP contribution in [0.4, 0.5) is 11.4 Å². The van der Waals surface area contributed by atoms with Crippen LogP contribution in [0.1, 0.15) is 16.8 Å². The second-order valence-corrected chi connectivity index (χ2v) is 7.01. The Labute approximate surface area is 112 Å². The lowest BCUT2D eigenvalue weighted by atomic mass is 10.1. The van der Waals surface area contributed by atoms with Gasteiger partial charge in [-0.3, -0.25) is 4.79 Å². The molecule has 1 saturated heterocycles. The van der Waals surface area contributed by atoms with E-state index in [4.69, 9.17) is 11.5 Å². The number of carbonyl (C=O) groups is 1. The Balaban J connectivity index is 2.05. The summed E-state index contributed by atoms with van der Waals surface area (Å²) in [7, 11) is -2.88. The molecule has 1 amide bonds. The van der Waals surface area contributed by atoms with Crippen LogP contribution in [0, 0.1) is 5.92 Å². The van der Waals surface area contributed by atoms with Crippen LogP contribution in [0.25, 0.3) is 0 Å². The molecule has 1 aromatic rings. The number of nitrogens with two attached hydrogens (primary N) is 2. The Morgan fingerprint density at radius 2 is 2.16 bits per heavy atom. The molecule has 19 heavy (non-hydrogen) atoms. The molecule has 1 heterocycles. The van der Waals surface area contributed by atoms with Crippen molar-refractivity contribution >= 4 is 27.1 Å². The Morgan fingerprint density at radius 1 is 1.42 bits per heavy atom. The second kappa shape index (κ2) is 5.08. The molecule has 5 N–H and O–H groups in total. The van der Waals surface area contributed by atoms with E-state index in [-0.39, 0.29) is 23.0 Å². The van der Waals surface area contributed by atoms with Gasteiger partial charge in [0.05, 0.1) is 28.4 Å². The monoisotopic (exact) mass is 283 g/mol. The van der Waals surface area contributed by atoms with Crippen LogP contribution in [0.2, 0.25) is 0 Å². The van der Waals surface area contributed by atoms with Gasteiger partial charge in [-0.1, -0.05) is 6.07 Å². The average molecular weight is 283 g/mol. The SMILES string of the molecule is NC(=O)c1cccc(NCC2CCS(=O)(=O)C2)c1N. The molecule has 1 aliphatic heterocycles. The van der Waals surface area contributed by atoms with Gasteiger partial charge in [-0.25, -0.2) is 8.42 Å². The van der Waals surface area contributed by atoms with Crippen molar-refractivity contribution in [1.82, 2.24) is 0 Å². The number of amides is 1. The molecule has 1 aromatic carbocycles. The molecule has 0 radical (unpaired) electrons. The largest absolute Gasteiger partial charge is 0.396 e. The van der Waals surface area contributed by atoms with E-state index in [1.165, 1.54) is 0 Å². The summed E-state index contributed by atoms with van der Waals surface area (Å²) >= 11 is 0. The third-order valence-electron chi connectivity index (χ3n) is 3.28. The highest BCUT2D eigenvalue weighted by molar-refractivity contribution is 7.91. The lowest BCUT2D eigenvalue weighted by Gasteiger charge is -2.14. The molecule has 0 spiro atoms. The zero-order valence-corrected chi connectivity index (χ0v) is 11.2. The van der Waals surface area contributed by atoms with Gasteiger partial charge in [0.2, 0.25) is 0 Å². The topological polar surface area (TPSA) is 115 Å². The van der Waals surface area contributed by atoms with Crippen LogP contribution in [-0.4, -0.2) is 32.4 Å².